The molecule has 0 rings (SSSR count). The molecule has 0 spiro atoms. The molecule has 0 N–H and O–H groups in total. The fourth-order valence-electron chi connectivity index (χ4n) is 3.32. The number of likely N-dealkylation sites (N-methyl/N-ethyl adjacent to an activating group) is 2. The second-order valence-electron chi connectivity index (χ2n) is 12.3. The average molecular weight is 463 g/mol. The van der Waals surface area contributed by atoms with Gasteiger partial charge in [-0.3, -0.25) is 8.97 Å². The fourth-order valence-corrected chi connectivity index (χ4v) is 3.32. The first-order valence-corrected chi connectivity index (χ1v) is 11.5. The molecule has 0 atom stereocenters. The van der Waals surface area contributed by atoms with Gasteiger partial charge in [0.25, 0.3) is 0 Å². The minimum Gasteiger partial charge on any atom is -0.462 e. The van der Waals surface area contributed by atoms with Gasteiger partial charge in [-0.1, -0.05) is 6.58 Å². The van der Waals surface area contributed by atoms with Crippen LogP contribution < -0.4 is 0 Å². The van der Waals surface area contributed by atoms with Crippen molar-refractivity contribution in [1.82, 2.24) is 0 Å². The molecule has 0 heterocycles. The number of carbonyl (C=O) groups is 1. The van der Waals surface area contributed by atoms with E-state index in [-0.39, 0.29) is 11.7 Å². The summed E-state index contributed by atoms with van der Waals surface area (Å²) < 4.78 is 7.48. The van der Waals surface area contributed by atoms with Crippen LogP contribution in [0.3, 0.4) is 0 Å². The van der Waals surface area contributed by atoms with Gasteiger partial charge >= 0.3 is 5.97 Å². The van der Waals surface area contributed by atoms with Gasteiger partial charge in [-0.05, 0) is 6.92 Å². The zero-order valence-corrected chi connectivity index (χ0v) is 23.7. The first-order chi connectivity index (χ1) is 13.9. The number of rotatable bonds is 14. The topological polar surface area (TPSA) is 44.8 Å². The number of hydrogen-bond acceptors (Lipinski definition) is 4. The fraction of sp³-hybridized carbons (Fsp3) is 0.875. The lowest BCUT2D eigenvalue weighted by molar-refractivity contribution is -1.16. The maximum Gasteiger partial charge on any atom is 0.333 e. The number of hydrogen-bond donors (Lipinski definition) is 0. The summed E-state index contributed by atoms with van der Waals surface area (Å²) in [5.74, 6) is -0.332. The summed E-state index contributed by atoms with van der Waals surface area (Å²) in [6.07, 6.45) is 0.757. The van der Waals surface area contributed by atoms with E-state index in [1.54, 1.807) is 6.92 Å². The molecule has 0 saturated carbocycles. The van der Waals surface area contributed by atoms with E-state index in [9.17, 15) is 4.79 Å². The molecule has 8 nitrogen and oxygen atoms in total. The van der Waals surface area contributed by atoms with Crippen molar-refractivity contribution in [3.63, 3.8) is 0 Å². The van der Waals surface area contributed by atoms with Gasteiger partial charge in [-0.2, -0.15) is 9.29 Å². The summed E-state index contributed by atoms with van der Waals surface area (Å²) in [5, 5.41) is 0. The lowest BCUT2D eigenvalue weighted by atomic mass is 10.2. The Bertz CT molecular complexity index is 647. The summed E-state index contributed by atoms with van der Waals surface area (Å²) in [6, 6.07) is 0. The molecule has 0 aromatic rings. The minimum atomic E-state index is -0.437. The van der Waals surface area contributed by atoms with Crippen LogP contribution in [0.25, 0.3) is 0 Å². The maximum atomic E-state index is 11.6. The highest BCUT2D eigenvalue weighted by molar-refractivity contribution is 5.86. The number of carbonyl (C=O) groups excluding carboxylic acids is 1. The minimum absolute atomic E-state index is 0.332. The second kappa shape index (κ2) is 10.5. The zero-order valence-electron chi connectivity index (χ0n) is 23.7. The lowest BCUT2D eigenvalue weighted by Gasteiger charge is -2.48. The summed E-state index contributed by atoms with van der Waals surface area (Å²) in [6.45, 7) is 16.7. The van der Waals surface area contributed by atoms with Crippen LogP contribution in [0.2, 0.25) is 0 Å². The molecule has 8 heteroatoms. The molecule has 0 aromatic carbocycles. The van der Waals surface area contributed by atoms with Gasteiger partial charge in [0.1, 0.15) is 6.54 Å². The van der Waals surface area contributed by atoms with E-state index in [2.05, 4.69) is 76.6 Å². The smallest absolute Gasteiger partial charge is 0.333 e. The van der Waals surface area contributed by atoms with Gasteiger partial charge < -0.3 is 4.74 Å². The zero-order chi connectivity index (χ0) is 25.8. The predicted octanol–water partition coefficient (Wildman–Crippen LogP) is 2.77. The molecule has 0 unspecified atom stereocenters. The van der Waals surface area contributed by atoms with Crippen LogP contribution in [0.4, 0.5) is 0 Å². The molecule has 0 fully saturated rings. The number of ether oxygens (including phenoxy) is 1. The van der Waals surface area contributed by atoms with E-state index in [1.807, 2.05) is 21.1 Å². The van der Waals surface area contributed by atoms with Crippen LogP contribution in [-0.2, 0) is 19.2 Å². The Hall–Kier alpha value is -1.03. The Balaban J connectivity index is 5.03. The molecule has 0 amide bonds. The van der Waals surface area contributed by atoms with Gasteiger partial charge in [0.05, 0.1) is 76.6 Å². The van der Waals surface area contributed by atoms with Gasteiger partial charge in [-0.25, -0.2) is 4.79 Å². The van der Waals surface area contributed by atoms with Crippen molar-refractivity contribution in [2.45, 2.75) is 52.5 Å². The second-order valence-corrected chi connectivity index (χ2v) is 12.3. The molecule has 0 aliphatic carbocycles. The SMILES string of the molecule is C=C(C)C(=O)OCCC[N+](C)(C)C(C)(C)O[N+](C)(C)CC[N+](C)(C)C(C)(C)O[N+](C)(C)C. The Morgan fingerprint density at radius 2 is 1.19 bits per heavy atom. The van der Waals surface area contributed by atoms with Gasteiger partial charge in [0.2, 0.25) is 11.4 Å². The average Bonchev–Trinajstić information content (AvgIpc) is 2.53. The molecule has 0 aliphatic rings. The lowest BCUT2D eigenvalue weighted by Crippen LogP contribution is -2.66. The van der Waals surface area contributed by atoms with Crippen LogP contribution in [0.5, 0.6) is 0 Å². The molecule has 0 radical (unpaired) electrons. The number of esters is 1. The Kier molecular flexibility index (Phi) is 10.2. The van der Waals surface area contributed by atoms with Crippen molar-refractivity contribution in [3.8, 4) is 0 Å². The van der Waals surface area contributed by atoms with Crippen LogP contribution in [0.1, 0.15) is 41.0 Å². The van der Waals surface area contributed by atoms with Gasteiger partial charge in [0.15, 0.2) is 6.54 Å². The van der Waals surface area contributed by atoms with Gasteiger partial charge in [-0.15, -0.1) is 9.68 Å². The van der Waals surface area contributed by atoms with Crippen LogP contribution in [-0.4, -0.2) is 125 Å². The first-order valence-electron chi connectivity index (χ1n) is 11.5. The Morgan fingerprint density at radius 1 is 0.750 bits per heavy atom. The molecular weight excluding hydrogens is 408 g/mol. The molecule has 0 saturated heterocycles. The van der Waals surface area contributed by atoms with E-state index in [0.717, 1.165) is 26.1 Å². The van der Waals surface area contributed by atoms with E-state index in [0.29, 0.717) is 30.4 Å². The Labute approximate surface area is 198 Å². The van der Waals surface area contributed by atoms with Crippen LogP contribution >= 0.6 is 0 Å². The quantitative estimate of drug-likeness (QED) is 0.0994. The van der Waals surface area contributed by atoms with Crippen molar-refractivity contribution in [2.75, 3.05) is 89.7 Å². The third-order valence-electron chi connectivity index (χ3n) is 6.52. The summed E-state index contributed by atoms with van der Waals surface area (Å²) in [5.41, 5.74) is -0.365. The summed E-state index contributed by atoms with van der Waals surface area (Å²) >= 11 is 0. The van der Waals surface area contributed by atoms with Crippen molar-refractivity contribution in [1.29, 1.82) is 0 Å². The third-order valence-corrected chi connectivity index (χ3v) is 6.52. The molecule has 0 bridgehead atoms. The van der Waals surface area contributed by atoms with E-state index in [4.69, 9.17) is 14.4 Å². The monoisotopic (exact) mass is 462 g/mol. The Morgan fingerprint density at radius 3 is 1.62 bits per heavy atom. The van der Waals surface area contributed by atoms with Crippen molar-refractivity contribution in [2.24, 2.45) is 0 Å². The van der Waals surface area contributed by atoms with E-state index >= 15 is 0 Å². The highest BCUT2D eigenvalue weighted by atomic mass is 16.7. The normalized spacial score (nSPS) is 14.4. The standard InChI is InChI=1S/C24H54N4O4/c1-21(2)22(29)30-20-16-17-26(10,11)24(5,6)32-28(14,15)19-18-27(12,13)23(3,4)31-25(7,8)9/h1,16-20H2,2-15H3/q+4. The van der Waals surface area contributed by atoms with E-state index in [1.165, 1.54) is 0 Å². The van der Waals surface area contributed by atoms with Crippen molar-refractivity contribution in [3.05, 3.63) is 12.2 Å². The van der Waals surface area contributed by atoms with E-state index < -0.39 is 5.72 Å². The number of quaternary nitrogens is 4. The molecule has 190 valence electrons. The summed E-state index contributed by atoms with van der Waals surface area (Å²) in [7, 11) is 19.0. The molecule has 0 aromatic heterocycles. The van der Waals surface area contributed by atoms with Crippen molar-refractivity contribution >= 4 is 5.97 Å². The van der Waals surface area contributed by atoms with Crippen molar-refractivity contribution < 1.29 is 37.5 Å². The van der Waals surface area contributed by atoms with Crippen LogP contribution in [0.15, 0.2) is 12.2 Å². The number of nitrogens with zero attached hydrogens (tertiary/aromatic N) is 4. The third kappa shape index (κ3) is 9.85. The first kappa shape index (κ1) is 31.0. The number of hydroxylamine groups is 6. The van der Waals surface area contributed by atoms with Gasteiger partial charge in [0, 0.05) is 39.7 Å². The maximum absolute atomic E-state index is 11.6. The molecule has 32 heavy (non-hydrogen) atoms. The predicted molar refractivity (Wildman–Crippen MR) is 130 cm³/mol. The summed E-state index contributed by atoms with van der Waals surface area (Å²) in [4.78, 5) is 24.5. The highest BCUT2D eigenvalue weighted by Crippen LogP contribution is 2.28. The largest absolute Gasteiger partial charge is 0.462 e. The molecular formula is C24H54N4O4+4. The van der Waals surface area contributed by atoms with Crippen LogP contribution in [0, 0.1) is 0 Å². The molecule has 0 aliphatic heterocycles. The highest BCUT2D eigenvalue weighted by Gasteiger charge is 2.47.